The Labute approximate surface area is 149 Å². The van der Waals surface area contributed by atoms with Gasteiger partial charge in [-0.25, -0.2) is 4.98 Å². The minimum Gasteiger partial charge on any atom is -0.379 e. The Morgan fingerprint density at radius 3 is 2.83 bits per heavy atom. The number of nitrogens with one attached hydrogen (secondary N) is 2. The van der Waals surface area contributed by atoms with Crippen molar-refractivity contribution >= 4 is 17.3 Å². The third-order valence-electron chi connectivity index (χ3n) is 4.10. The standard InChI is InChI=1S/C17H31N5OS/c1-4-16-21-15(13-24-16)6-7-19-17(18-5-2)20-12-14(3)22-8-10-23-11-9-22/h13-14H,4-12H2,1-3H3,(H2,18,19,20). The van der Waals surface area contributed by atoms with Crippen molar-refractivity contribution in [2.24, 2.45) is 4.99 Å². The molecule has 2 N–H and O–H groups in total. The first-order chi connectivity index (χ1) is 11.7. The first-order valence-electron chi connectivity index (χ1n) is 9.00. The highest BCUT2D eigenvalue weighted by Gasteiger charge is 2.16. The van der Waals surface area contributed by atoms with Crippen molar-refractivity contribution < 1.29 is 4.74 Å². The molecule has 1 aliphatic rings. The maximum absolute atomic E-state index is 5.41. The van der Waals surface area contributed by atoms with Crippen molar-refractivity contribution in [2.75, 3.05) is 45.9 Å². The van der Waals surface area contributed by atoms with Crippen LogP contribution in [0.5, 0.6) is 0 Å². The highest BCUT2D eigenvalue weighted by atomic mass is 32.1. The SMILES string of the molecule is CCNC(=NCC(C)N1CCOCC1)NCCc1csc(CC)n1. The van der Waals surface area contributed by atoms with Crippen LogP contribution in [-0.2, 0) is 17.6 Å². The molecule has 0 bridgehead atoms. The number of ether oxygens (including phenoxy) is 1. The van der Waals surface area contributed by atoms with Crippen molar-refractivity contribution in [1.82, 2.24) is 20.5 Å². The van der Waals surface area contributed by atoms with Gasteiger partial charge in [0.05, 0.1) is 30.5 Å². The van der Waals surface area contributed by atoms with E-state index in [2.05, 4.69) is 46.7 Å². The zero-order valence-electron chi connectivity index (χ0n) is 15.2. The Morgan fingerprint density at radius 2 is 2.17 bits per heavy atom. The molecule has 1 saturated heterocycles. The summed E-state index contributed by atoms with van der Waals surface area (Å²) in [5, 5.41) is 10.1. The van der Waals surface area contributed by atoms with Gasteiger partial charge < -0.3 is 15.4 Å². The van der Waals surface area contributed by atoms with Gasteiger partial charge in [-0.15, -0.1) is 11.3 Å². The lowest BCUT2D eigenvalue weighted by Crippen LogP contribution is -2.44. The number of guanidine groups is 1. The fourth-order valence-electron chi connectivity index (χ4n) is 2.63. The third-order valence-corrected chi connectivity index (χ3v) is 5.14. The van der Waals surface area contributed by atoms with Crippen LogP contribution in [0.2, 0.25) is 0 Å². The average molecular weight is 354 g/mol. The summed E-state index contributed by atoms with van der Waals surface area (Å²) in [6.07, 6.45) is 1.95. The van der Waals surface area contributed by atoms with Crippen LogP contribution in [0.15, 0.2) is 10.4 Å². The molecule has 1 fully saturated rings. The first kappa shape index (κ1) is 19.1. The topological polar surface area (TPSA) is 61.8 Å². The Kier molecular flexibility index (Phi) is 8.49. The van der Waals surface area contributed by atoms with Crippen LogP contribution in [0.25, 0.3) is 0 Å². The van der Waals surface area contributed by atoms with Crippen LogP contribution in [-0.4, -0.2) is 67.8 Å². The second-order valence-corrected chi connectivity index (χ2v) is 6.92. The van der Waals surface area contributed by atoms with Gasteiger partial charge in [0.1, 0.15) is 0 Å². The predicted molar refractivity (Wildman–Crippen MR) is 101 cm³/mol. The molecule has 6 nitrogen and oxygen atoms in total. The zero-order chi connectivity index (χ0) is 17.2. The van der Waals surface area contributed by atoms with E-state index in [1.165, 1.54) is 10.7 Å². The molecule has 0 aromatic carbocycles. The van der Waals surface area contributed by atoms with Crippen LogP contribution in [0.3, 0.4) is 0 Å². The zero-order valence-corrected chi connectivity index (χ0v) is 16.0. The number of nitrogens with zero attached hydrogens (tertiary/aromatic N) is 3. The van der Waals surface area contributed by atoms with E-state index in [0.717, 1.165) is 64.7 Å². The van der Waals surface area contributed by atoms with E-state index < -0.39 is 0 Å². The van der Waals surface area contributed by atoms with Crippen LogP contribution in [0.1, 0.15) is 31.5 Å². The fraction of sp³-hybridized carbons (Fsp3) is 0.765. The number of aliphatic imine (C=N–C) groups is 1. The summed E-state index contributed by atoms with van der Waals surface area (Å²) in [5.41, 5.74) is 1.17. The molecule has 2 rings (SSSR count). The number of rotatable bonds is 8. The second kappa shape index (κ2) is 10.6. The minimum absolute atomic E-state index is 0.440. The molecule has 1 aliphatic heterocycles. The Bertz CT molecular complexity index is 499. The summed E-state index contributed by atoms with van der Waals surface area (Å²) in [6.45, 7) is 12.7. The minimum atomic E-state index is 0.440. The maximum atomic E-state index is 5.41. The van der Waals surface area contributed by atoms with E-state index >= 15 is 0 Å². The van der Waals surface area contributed by atoms with E-state index in [4.69, 9.17) is 9.73 Å². The van der Waals surface area contributed by atoms with Gasteiger partial charge in [-0.05, 0) is 20.3 Å². The molecule has 7 heteroatoms. The number of hydrogen-bond donors (Lipinski definition) is 2. The lowest BCUT2D eigenvalue weighted by atomic mass is 10.2. The van der Waals surface area contributed by atoms with Gasteiger partial charge in [-0.2, -0.15) is 0 Å². The number of aromatic nitrogens is 1. The largest absolute Gasteiger partial charge is 0.379 e. The molecule has 0 radical (unpaired) electrons. The molecule has 24 heavy (non-hydrogen) atoms. The van der Waals surface area contributed by atoms with Crippen LogP contribution in [0, 0.1) is 0 Å². The number of hydrogen-bond acceptors (Lipinski definition) is 5. The van der Waals surface area contributed by atoms with Crippen molar-refractivity contribution in [1.29, 1.82) is 0 Å². The summed E-state index contributed by atoms with van der Waals surface area (Å²) in [4.78, 5) is 11.8. The van der Waals surface area contributed by atoms with Crippen molar-refractivity contribution in [3.8, 4) is 0 Å². The van der Waals surface area contributed by atoms with E-state index in [0.29, 0.717) is 6.04 Å². The van der Waals surface area contributed by atoms with Crippen LogP contribution in [0.4, 0.5) is 0 Å². The van der Waals surface area contributed by atoms with Gasteiger partial charge >= 0.3 is 0 Å². The van der Waals surface area contributed by atoms with Crippen LogP contribution >= 0.6 is 11.3 Å². The molecular formula is C17H31N5OS. The van der Waals surface area contributed by atoms with Crippen molar-refractivity contribution in [3.05, 3.63) is 16.1 Å². The molecule has 0 spiro atoms. The third kappa shape index (κ3) is 6.37. The summed E-state index contributed by atoms with van der Waals surface area (Å²) in [5.74, 6) is 0.892. The second-order valence-electron chi connectivity index (χ2n) is 5.98. The number of thiazole rings is 1. The summed E-state index contributed by atoms with van der Waals surface area (Å²) in [6, 6.07) is 0.440. The van der Waals surface area contributed by atoms with E-state index in [-0.39, 0.29) is 0 Å². The average Bonchev–Trinajstić information content (AvgIpc) is 3.08. The molecule has 1 aromatic heterocycles. The quantitative estimate of drug-likeness (QED) is 0.548. The number of aryl methyl sites for hydroxylation is 1. The normalized spacial score (nSPS) is 17.7. The summed E-state index contributed by atoms with van der Waals surface area (Å²) < 4.78 is 5.41. The molecule has 136 valence electrons. The Hall–Kier alpha value is -1.18. The van der Waals surface area contributed by atoms with Gasteiger partial charge in [-0.3, -0.25) is 9.89 Å². The molecule has 0 saturated carbocycles. The van der Waals surface area contributed by atoms with Crippen LogP contribution < -0.4 is 10.6 Å². The maximum Gasteiger partial charge on any atom is 0.191 e. The Balaban J connectivity index is 1.76. The van der Waals surface area contributed by atoms with Gasteiger partial charge in [0.2, 0.25) is 0 Å². The fourth-order valence-corrected chi connectivity index (χ4v) is 3.41. The van der Waals surface area contributed by atoms with Crippen molar-refractivity contribution in [3.63, 3.8) is 0 Å². The summed E-state index contributed by atoms with van der Waals surface area (Å²) >= 11 is 1.75. The smallest absolute Gasteiger partial charge is 0.191 e. The van der Waals surface area contributed by atoms with Gasteiger partial charge in [0.25, 0.3) is 0 Å². The van der Waals surface area contributed by atoms with Gasteiger partial charge in [0, 0.05) is 44.0 Å². The lowest BCUT2D eigenvalue weighted by Gasteiger charge is -2.31. The monoisotopic (exact) mass is 353 g/mol. The molecule has 1 aromatic rings. The summed E-state index contributed by atoms with van der Waals surface area (Å²) in [7, 11) is 0. The molecule has 2 heterocycles. The highest BCUT2D eigenvalue weighted by Crippen LogP contribution is 2.10. The molecule has 1 unspecified atom stereocenters. The van der Waals surface area contributed by atoms with Gasteiger partial charge in [0.15, 0.2) is 5.96 Å². The predicted octanol–water partition coefficient (Wildman–Crippen LogP) is 1.52. The Morgan fingerprint density at radius 1 is 1.38 bits per heavy atom. The highest BCUT2D eigenvalue weighted by molar-refractivity contribution is 7.09. The molecular weight excluding hydrogens is 322 g/mol. The molecule has 0 amide bonds. The van der Waals surface area contributed by atoms with E-state index in [1.807, 2.05) is 0 Å². The van der Waals surface area contributed by atoms with Gasteiger partial charge in [-0.1, -0.05) is 6.92 Å². The first-order valence-corrected chi connectivity index (χ1v) is 9.88. The lowest BCUT2D eigenvalue weighted by molar-refractivity contribution is 0.0220. The number of morpholine rings is 1. The molecule has 1 atom stereocenters. The van der Waals surface area contributed by atoms with E-state index in [9.17, 15) is 0 Å². The van der Waals surface area contributed by atoms with Crippen molar-refractivity contribution in [2.45, 2.75) is 39.7 Å². The molecule has 0 aliphatic carbocycles. The van der Waals surface area contributed by atoms with E-state index in [1.54, 1.807) is 11.3 Å².